The van der Waals surface area contributed by atoms with E-state index in [1.165, 1.54) is 19.3 Å². The first kappa shape index (κ1) is 14.5. The van der Waals surface area contributed by atoms with E-state index >= 15 is 0 Å². The molecule has 0 bridgehead atoms. The Kier molecular flexibility index (Phi) is 4.53. The van der Waals surface area contributed by atoms with Gasteiger partial charge in [0.15, 0.2) is 0 Å². The van der Waals surface area contributed by atoms with Crippen molar-refractivity contribution >= 4 is 11.6 Å². The molecule has 1 aromatic carbocycles. The zero-order chi connectivity index (χ0) is 14.7. The molecule has 1 aromatic heterocycles. The maximum absolute atomic E-state index is 6.40. The van der Waals surface area contributed by atoms with Gasteiger partial charge in [-0.1, -0.05) is 35.3 Å². The van der Waals surface area contributed by atoms with Crippen molar-refractivity contribution in [1.29, 1.82) is 0 Å². The normalized spacial score (nSPS) is 16.3. The second-order valence-electron chi connectivity index (χ2n) is 5.36. The minimum atomic E-state index is 0.244. The lowest BCUT2D eigenvalue weighted by molar-refractivity contribution is 0.221. The fraction of sp³-hybridized carbons (Fsp3) is 0.467. The summed E-state index contributed by atoms with van der Waals surface area (Å²) in [6.45, 7) is 3.46. The van der Waals surface area contributed by atoms with Gasteiger partial charge in [-0.15, -0.1) is 0 Å². The fourth-order valence-electron chi connectivity index (χ4n) is 2.63. The van der Waals surface area contributed by atoms with Gasteiger partial charge in [0, 0.05) is 17.1 Å². The molecule has 0 atom stereocenters. The summed E-state index contributed by atoms with van der Waals surface area (Å²) in [5.74, 6) is 0.959. The van der Waals surface area contributed by atoms with Crippen LogP contribution in [0.2, 0.25) is 5.02 Å². The summed E-state index contributed by atoms with van der Waals surface area (Å²) < 4.78 is 5.02. The number of benzene rings is 1. The van der Waals surface area contributed by atoms with Crippen molar-refractivity contribution in [3.05, 3.63) is 34.7 Å². The largest absolute Gasteiger partial charge is 0.338 e. The van der Waals surface area contributed by atoms with Crippen LogP contribution in [0.3, 0.4) is 0 Å². The van der Waals surface area contributed by atoms with Crippen LogP contribution >= 0.6 is 11.6 Å². The molecule has 2 N–H and O–H groups in total. The van der Waals surface area contributed by atoms with Gasteiger partial charge >= 0.3 is 0 Å². The number of nitrogens with zero attached hydrogens (tertiary/aromatic N) is 3. The van der Waals surface area contributed by atoms with E-state index in [9.17, 15) is 0 Å². The number of aromatic nitrogens is 2. The molecule has 6 heteroatoms. The highest BCUT2D eigenvalue weighted by molar-refractivity contribution is 6.31. The SMILES string of the molecule is NCc1nc(-c2ccc(CN3CCCCC3)c(Cl)c2)no1. The van der Waals surface area contributed by atoms with Gasteiger partial charge in [-0.2, -0.15) is 4.98 Å². The quantitative estimate of drug-likeness (QED) is 0.940. The first-order valence-electron chi connectivity index (χ1n) is 7.30. The molecule has 1 saturated heterocycles. The molecule has 112 valence electrons. The number of halogens is 1. The number of nitrogens with two attached hydrogens (primary N) is 1. The van der Waals surface area contributed by atoms with E-state index in [2.05, 4.69) is 15.0 Å². The van der Waals surface area contributed by atoms with Gasteiger partial charge in [0.05, 0.1) is 6.54 Å². The topological polar surface area (TPSA) is 68.2 Å². The van der Waals surface area contributed by atoms with Gasteiger partial charge in [0.2, 0.25) is 11.7 Å². The Morgan fingerprint density at radius 2 is 2.05 bits per heavy atom. The summed E-state index contributed by atoms with van der Waals surface area (Å²) in [4.78, 5) is 6.66. The second kappa shape index (κ2) is 6.56. The van der Waals surface area contributed by atoms with Crippen LogP contribution in [0.25, 0.3) is 11.4 Å². The smallest absolute Gasteiger partial charge is 0.240 e. The van der Waals surface area contributed by atoms with Gasteiger partial charge in [-0.05, 0) is 37.6 Å². The molecule has 5 nitrogen and oxygen atoms in total. The average Bonchev–Trinajstić information content (AvgIpc) is 2.99. The molecule has 0 aliphatic carbocycles. The van der Waals surface area contributed by atoms with Crippen LogP contribution in [0.5, 0.6) is 0 Å². The summed E-state index contributed by atoms with van der Waals surface area (Å²) in [5.41, 5.74) is 7.47. The number of likely N-dealkylation sites (tertiary alicyclic amines) is 1. The van der Waals surface area contributed by atoms with Crippen LogP contribution in [0, 0.1) is 0 Å². The lowest BCUT2D eigenvalue weighted by Gasteiger charge is -2.26. The van der Waals surface area contributed by atoms with Gasteiger partial charge in [0.25, 0.3) is 0 Å². The van der Waals surface area contributed by atoms with Crippen molar-refractivity contribution in [2.45, 2.75) is 32.4 Å². The lowest BCUT2D eigenvalue weighted by Crippen LogP contribution is -2.29. The van der Waals surface area contributed by atoms with Crippen LogP contribution in [-0.4, -0.2) is 28.1 Å². The predicted molar refractivity (Wildman–Crippen MR) is 81.8 cm³/mol. The average molecular weight is 307 g/mol. The second-order valence-corrected chi connectivity index (χ2v) is 5.77. The van der Waals surface area contributed by atoms with Crippen molar-refractivity contribution in [3.8, 4) is 11.4 Å². The molecular weight excluding hydrogens is 288 g/mol. The predicted octanol–water partition coefficient (Wildman–Crippen LogP) is 2.83. The maximum atomic E-state index is 6.40. The first-order valence-corrected chi connectivity index (χ1v) is 7.68. The summed E-state index contributed by atoms with van der Waals surface area (Å²) >= 11 is 6.40. The number of hydrogen-bond acceptors (Lipinski definition) is 5. The van der Waals surface area contributed by atoms with Gasteiger partial charge < -0.3 is 10.3 Å². The van der Waals surface area contributed by atoms with E-state index in [1.807, 2.05) is 18.2 Å². The minimum absolute atomic E-state index is 0.244. The Hall–Kier alpha value is -1.43. The molecule has 1 aliphatic rings. The highest BCUT2D eigenvalue weighted by Crippen LogP contribution is 2.25. The zero-order valence-electron chi connectivity index (χ0n) is 11.9. The van der Waals surface area contributed by atoms with Gasteiger partial charge in [0.1, 0.15) is 0 Å². The van der Waals surface area contributed by atoms with E-state index in [-0.39, 0.29) is 6.54 Å². The summed E-state index contributed by atoms with van der Waals surface area (Å²) in [6, 6.07) is 5.92. The van der Waals surface area contributed by atoms with Gasteiger partial charge in [-0.25, -0.2) is 0 Å². The van der Waals surface area contributed by atoms with Gasteiger partial charge in [-0.3, -0.25) is 4.90 Å². The summed E-state index contributed by atoms with van der Waals surface area (Å²) in [7, 11) is 0. The standard InChI is InChI=1S/C15H19ClN4O/c16-13-8-11(15-18-14(9-17)21-19-15)4-5-12(13)10-20-6-2-1-3-7-20/h4-5,8H,1-3,6-7,9-10,17H2. The van der Waals surface area contributed by atoms with E-state index in [4.69, 9.17) is 21.9 Å². The van der Waals surface area contributed by atoms with Crippen LogP contribution in [0.4, 0.5) is 0 Å². The third-order valence-corrected chi connectivity index (χ3v) is 4.15. The molecule has 0 amide bonds. The van der Waals surface area contributed by atoms with Crippen molar-refractivity contribution in [1.82, 2.24) is 15.0 Å². The Bertz CT molecular complexity index is 607. The third-order valence-electron chi connectivity index (χ3n) is 3.80. The van der Waals surface area contributed by atoms with Crippen molar-refractivity contribution in [2.24, 2.45) is 5.73 Å². The molecule has 0 spiro atoms. The fourth-order valence-corrected chi connectivity index (χ4v) is 2.87. The molecule has 21 heavy (non-hydrogen) atoms. The molecule has 1 aliphatic heterocycles. The molecule has 3 rings (SSSR count). The zero-order valence-corrected chi connectivity index (χ0v) is 12.6. The Morgan fingerprint density at radius 3 is 2.71 bits per heavy atom. The van der Waals surface area contributed by atoms with Crippen LogP contribution in [-0.2, 0) is 13.1 Å². The van der Waals surface area contributed by atoms with Crippen molar-refractivity contribution in [2.75, 3.05) is 13.1 Å². The number of rotatable bonds is 4. The molecule has 1 fully saturated rings. The number of piperidine rings is 1. The summed E-state index contributed by atoms with van der Waals surface area (Å²) in [5, 5.41) is 4.66. The Morgan fingerprint density at radius 1 is 1.24 bits per heavy atom. The molecule has 2 heterocycles. The summed E-state index contributed by atoms with van der Waals surface area (Å²) in [6.07, 6.45) is 3.89. The van der Waals surface area contributed by atoms with E-state index in [0.717, 1.165) is 35.8 Å². The van der Waals surface area contributed by atoms with Crippen LogP contribution < -0.4 is 5.73 Å². The minimum Gasteiger partial charge on any atom is -0.338 e. The van der Waals surface area contributed by atoms with Crippen molar-refractivity contribution < 1.29 is 4.52 Å². The molecule has 0 unspecified atom stereocenters. The van der Waals surface area contributed by atoms with E-state index < -0.39 is 0 Å². The van der Waals surface area contributed by atoms with Crippen LogP contribution in [0.15, 0.2) is 22.7 Å². The molecule has 0 radical (unpaired) electrons. The lowest BCUT2D eigenvalue weighted by atomic mass is 10.1. The van der Waals surface area contributed by atoms with Crippen LogP contribution in [0.1, 0.15) is 30.7 Å². The number of hydrogen-bond donors (Lipinski definition) is 1. The monoisotopic (exact) mass is 306 g/mol. The maximum Gasteiger partial charge on any atom is 0.240 e. The van der Waals surface area contributed by atoms with E-state index in [1.54, 1.807) is 0 Å². The van der Waals surface area contributed by atoms with Crippen molar-refractivity contribution in [3.63, 3.8) is 0 Å². The Balaban J connectivity index is 1.75. The third kappa shape index (κ3) is 3.43. The Labute approximate surface area is 129 Å². The highest BCUT2D eigenvalue weighted by atomic mass is 35.5. The molecular formula is C15H19ClN4O. The highest BCUT2D eigenvalue weighted by Gasteiger charge is 2.14. The van der Waals surface area contributed by atoms with E-state index in [0.29, 0.717) is 11.7 Å². The first-order chi connectivity index (χ1) is 10.3. The molecule has 0 saturated carbocycles. The molecule has 2 aromatic rings.